The molecule has 0 aliphatic rings. The molecule has 0 aliphatic carbocycles. The summed E-state index contributed by atoms with van der Waals surface area (Å²) in [6, 6.07) is 10.2. The summed E-state index contributed by atoms with van der Waals surface area (Å²) >= 11 is 0. The number of hydrogen-bond acceptors (Lipinski definition) is 5. The van der Waals surface area contributed by atoms with Crippen LogP contribution in [0.4, 0.5) is 0 Å². The Morgan fingerprint density at radius 2 is 2.07 bits per heavy atom. The van der Waals surface area contributed by atoms with Crippen molar-refractivity contribution < 1.29 is 4.52 Å². The normalized spacial score (nSPS) is 11.2. The molecule has 9 heteroatoms. The van der Waals surface area contributed by atoms with Gasteiger partial charge < -0.3 is 19.7 Å². The lowest BCUT2D eigenvalue weighted by Gasteiger charge is -2.21. The molecule has 3 rings (SSSR count). The SMILES string of the molecule is CN=C(NCCCc1nc(C)no1)N(C)Cc1ncc(-c2ccccc2)[nH]1.I. The van der Waals surface area contributed by atoms with Crippen LogP contribution in [-0.4, -0.2) is 51.6 Å². The lowest BCUT2D eigenvalue weighted by molar-refractivity contribution is 0.371. The molecule has 0 atom stereocenters. The lowest BCUT2D eigenvalue weighted by atomic mass is 10.2. The van der Waals surface area contributed by atoms with Gasteiger partial charge in [-0.1, -0.05) is 35.5 Å². The van der Waals surface area contributed by atoms with Crippen molar-refractivity contribution in [2.24, 2.45) is 4.99 Å². The number of nitrogens with zero attached hydrogens (tertiary/aromatic N) is 5. The van der Waals surface area contributed by atoms with Crippen molar-refractivity contribution >= 4 is 29.9 Å². The molecule has 150 valence electrons. The van der Waals surface area contributed by atoms with Gasteiger partial charge in [-0.15, -0.1) is 24.0 Å². The highest BCUT2D eigenvalue weighted by Crippen LogP contribution is 2.16. The number of guanidine groups is 1. The van der Waals surface area contributed by atoms with E-state index in [0.29, 0.717) is 18.3 Å². The van der Waals surface area contributed by atoms with Crippen LogP contribution in [0, 0.1) is 6.92 Å². The minimum Gasteiger partial charge on any atom is -0.356 e. The highest BCUT2D eigenvalue weighted by Gasteiger charge is 2.10. The summed E-state index contributed by atoms with van der Waals surface area (Å²) < 4.78 is 5.12. The molecule has 0 unspecified atom stereocenters. The van der Waals surface area contributed by atoms with Crippen LogP contribution in [0.1, 0.15) is 24.0 Å². The molecule has 8 nitrogen and oxygen atoms in total. The van der Waals surface area contributed by atoms with Gasteiger partial charge in [0.2, 0.25) is 5.89 Å². The monoisotopic (exact) mass is 495 g/mol. The van der Waals surface area contributed by atoms with E-state index in [2.05, 4.69) is 42.6 Å². The lowest BCUT2D eigenvalue weighted by Crippen LogP contribution is -2.39. The fourth-order valence-electron chi connectivity index (χ4n) is 2.77. The zero-order valence-corrected chi connectivity index (χ0v) is 18.7. The molecule has 0 saturated heterocycles. The average molecular weight is 495 g/mol. The molecular weight excluding hydrogens is 469 g/mol. The number of H-pyrrole nitrogens is 1. The van der Waals surface area contributed by atoms with Crippen molar-refractivity contribution in [1.29, 1.82) is 0 Å². The maximum Gasteiger partial charge on any atom is 0.226 e. The first kappa shape index (κ1) is 21.9. The summed E-state index contributed by atoms with van der Waals surface area (Å²) in [6.07, 6.45) is 3.49. The predicted molar refractivity (Wildman–Crippen MR) is 120 cm³/mol. The van der Waals surface area contributed by atoms with Crippen LogP contribution in [0.2, 0.25) is 0 Å². The Hall–Kier alpha value is -2.43. The maximum absolute atomic E-state index is 5.12. The number of rotatable bonds is 7. The average Bonchev–Trinajstić information content (AvgIpc) is 3.31. The molecule has 0 fully saturated rings. The topological polar surface area (TPSA) is 95.2 Å². The van der Waals surface area contributed by atoms with E-state index in [9.17, 15) is 0 Å². The highest BCUT2D eigenvalue weighted by molar-refractivity contribution is 14.0. The van der Waals surface area contributed by atoms with Gasteiger partial charge in [-0.3, -0.25) is 4.99 Å². The van der Waals surface area contributed by atoms with Gasteiger partial charge in [0.05, 0.1) is 18.4 Å². The minimum atomic E-state index is 0. The molecule has 0 bridgehead atoms. The van der Waals surface area contributed by atoms with Gasteiger partial charge in [-0.05, 0) is 18.9 Å². The number of aliphatic imine (C=N–C) groups is 1. The van der Waals surface area contributed by atoms with Gasteiger partial charge in [0.1, 0.15) is 5.82 Å². The number of imidazole rings is 1. The fourth-order valence-corrected chi connectivity index (χ4v) is 2.77. The molecule has 0 aliphatic heterocycles. The van der Waals surface area contributed by atoms with Crippen LogP contribution in [-0.2, 0) is 13.0 Å². The number of benzene rings is 1. The molecule has 0 spiro atoms. The zero-order valence-electron chi connectivity index (χ0n) is 16.3. The second-order valence-corrected chi connectivity index (χ2v) is 6.28. The Morgan fingerprint density at radius 3 is 2.75 bits per heavy atom. The van der Waals surface area contributed by atoms with Crippen molar-refractivity contribution in [2.45, 2.75) is 26.3 Å². The van der Waals surface area contributed by atoms with Crippen LogP contribution in [0.15, 0.2) is 46.0 Å². The van der Waals surface area contributed by atoms with Crippen LogP contribution in [0.25, 0.3) is 11.3 Å². The zero-order chi connectivity index (χ0) is 19.1. The maximum atomic E-state index is 5.12. The molecular formula is C19H26IN7O. The second-order valence-electron chi connectivity index (χ2n) is 6.28. The van der Waals surface area contributed by atoms with Crippen molar-refractivity contribution in [3.8, 4) is 11.3 Å². The van der Waals surface area contributed by atoms with E-state index in [-0.39, 0.29) is 24.0 Å². The molecule has 3 aromatic rings. The van der Waals surface area contributed by atoms with Crippen LogP contribution >= 0.6 is 24.0 Å². The van der Waals surface area contributed by atoms with Crippen LogP contribution in [0.3, 0.4) is 0 Å². The third kappa shape index (κ3) is 6.04. The van der Waals surface area contributed by atoms with E-state index in [1.165, 1.54) is 0 Å². The van der Waals surface area contributed by atoms with E-state index in [0.717, 1.165) is 42.4 Å². The first-order valence-corrected chi connectivity index (χ1v) is 8.96. The third-order valence-corrected chi connectivity index (χ3v) is 4.09. The van der Waals surface area contributed by atoms with Crippen LogP contribution < -0.4 is 5.32 Å². The molecule has 2 aromatic heterocycles. The van der Waals surface area contributed by atoms with E-state index in [4.69, 9.17) is 4.52 Å². The summed E-state index contributed by atoms with van der Waals surface area (Å²) in [5.41, 5.74) is 2.13. The van der Waals surface area contributed by atoms with Gasteiger partial charge in [0, 0.05) is 27.1 Å². The standard InChI is InChI=1S/C19H25N7O.HI/c1-14-23-18(27-25-14)10-7-11-21-19(20-2)26(3)13-17-22-12-16(24-17)15-8-5-4-6-9-15;/h4-6,8-9,12H,7,10-11,13H2,1-3H3,(H,20,21)(H,22,24);1H. The minimum absolute atomic E-state index is 0. The Morgan fingerprint density at radius 1 is 1.29 bits per heavy atom. The van der Waals surface area contributed by atoms with Gasteiger partial charge in [0.15, 0.2) is 11.8 Å². The number of aryl methyl sites for hydroxylation is 2. The van der Waals surface area contributed by atoms with Crippen molar-refractivity contribution in [3.63, 3.8) is 0 Å². The van der Waals surface area contributed by atoms with E-state index < -0.39 is 0 Å². The fraction of sp³-hybridized carbons (Fsp3) is 0.368. The Bertz CT molecular complexity index is 875. The quantitative estimate of drug-likeness (QED) is 0.227. The van der Waals surface area contributed by atoms with E-state index in [1.54, 1.807) is 7.05 Å². The first-order valence-electron chi connectivity index (χ1n) is 8.96. The van der Waals surface area contributed by atoms with Gasteiger partial charge in [-0.2, -0.15) is 4.98 Å². The summed E-state index contributed by atoms with van der Waals surface area (Å²) in [6.45, 7) is 3.22. The third-order valence-electron chi connectivity index (χ3n) is 4.09. The Labute approximate surface area is 181 Å². The number of aromatic amines is 1. The summed E-state index contributed by atoms with van der Waals surface area (Å²) in [5, 5.41) is 7.15. The number of nitrogens with one attached hydrogen (secondary N) is 2. The van der Waals surface area contributed by atoms with Crippen LogP contribution in [0.5, 0.6) is 0 Å². The molecule has 1 aromatic carbocycles. The molecule has 2 heterocycles. The smallest absolute Gasteiger partial charge is 0.226 e. The van der Waals surface area contributed by atoms with Crippen molar-refractivity contribution in [2.75, 3.05) is 20.6 Å². The molecule has 28 heavy (non-hydrogen) atoms. The number of aromatic nitrogens is 4. The summed E-state index contributed by atoms with van der Waals surface area (Å²) in [7, 11) is 3.76. The van der Waals surface area contributed by atoms with Gasteiger partial charge in [-0.25, -0.2) is 4.98 Å². The summed E-state index contributed by atoms with van der Waals surface area (Å²) in [5.74, 6) is 3.04. The van der Waals surface area contributed by atoms with Crippen molar-refractivity contribution in [3.05, 3.63) is 54.1 Å². The largest absolute Gasteiger partial charge is 0.356 e. The second kappa shape index (κ2) is 10.8. The van der Waals surface area contributed by atoms with E-state index in [1.807, 2.05) is 43.3 Å². The number of halogens is 1. The highest BCUT2D eigenvalue weighted by atomic mass is 127. The van der Waals surface area contributed by atoms with Gasteiger partial charge in [0.25, 0.3) is 0 Å². The molecule has 0 amide bonds. The first-order chi connectivity index (χ1) is 13.2. The van der Waals surface area contributed by atoms with Gasteiger partial charge >= 0.3 is 0 Å². The Balaban J connectivity index is 0.00000280. The molecule has 0 saturated carbocycles. The van der Waals surface area contributed by atoms with Crippen molar-refractivity contribution in [1.82, 2.24) is 30.3 Å². The molecule has 2 N–H and O–H groups in total. The van der Waals surface area contributed by atoms with E-state index >= 15 is 0 Å². The molecule has 0 radical (unpaired) electrons. The predicted octanol–water partition coefficient (Wildman–Crippen LogP) is 3.03. The number of hydrogen-bond donors (Lipinski definition) is 2. The summed E-state index contributed by atoms with van der Waals surface area (Å²) in [4.78, 5) is 18.4. The Kier molecular flexibility index (Phi) is 8.42.